The van der Waals surface area contributed by atoms with Crippen LogP contribution >= 0.6 is 0 Å². The largest absolute Gasteiger partial charge is 0.207 e. The zero-order chi connectivity index (χ0) is 9.84. The van der Waals surface area contributed by atoms with Gasteiger partial charge in [-0.1, -0.05) is 18.1 Å². The Labute approximate surface area is 73.6 Å². The zero-order valence-electron chi connectivity index (χ0n) is 6.91. The average Bonchev–Trinajstić information content (AvgIpc) is 2.04. The minimum absolute atomic E-state index is 0.194. The fourth-order valence-electron chi connectivity index (χ4n) is 1.05. The van der Waals surface area contributed by atoms with Crippen LogP contribution in [0.15, 0.2) is 23.3 Å². The molecule has 0 saturated heterocycles. The predicted molar refractivity (Wildman–Crippen MR) is 43.9 cm³/mol. The summed E-state index contributed by atoms with van der Waals surface area (Å²) in [6.07, 6.45) is 0. The average molecular weight is 183 g/mol. The standard InChI is InChI=1S/C8H7F2N3/c1-5(12-13-11)8-6(9)3-2-4-7(8)10/h2-5H,1H3. The van der Waals surface area contributed by atoms with E-state index in [1.54, 1.807) is 0 Å². The van der Waals surface area contributed by atoms with Crippen molar-refractivity contribution in [1.82, 2.24) is 0 Å². The van der Waals surface area contributed by atoms with Gasteiger partial charge in [-0.05, 0) is 17.7 Å². The van der Waals surface area contributed by atoms with E-state index in [9.17, 15) is 8.78 Å². The predicted octanol–water partition coefficient (Wildman–Crippen LogP) is 3.34. The lowest BCUT2D eigenvalue weighted by molar-refractivity contribution is 0.536. The van der Waals surface area contributed by atoms with Crippen LogP contribution in [0.5, 0.6) is 0 Å². The molecule has 0 aliphatic heterocycles. The lowest BCUT2D eigenvalue weighted by Crippen LogP contribution is -1.97. The summed E-state index contributed by atoms with van der Waals surface area (Å²) in [6, 6.07) is 2.69. The molecule has 1 atom stereocenters. The Morgan fingerprint density at radius 2 is 1.92 bits per heavy atom. The molecule has 0 bridgehead atoms. The van der Waals surface area contributed by atoms with Crippen LogP contribution in [0.2, 0.25) is 0 Å². The second kappa shape index (κ2) is 3.87. The van der Waals surface area contributed by atoms with Gasteiger partial charge in [0.2, 0.25) is 0 Å². The van der Waals surface area contributed by atoms with E-state index in [0.29, 0.717) is 0 Å². The summed E-state index contributed by atoms with van der Waals surface area (Å²) in [5, 5.41) is 3.22. The van der Waals surface area contributed by atoms with Crippen LogP contribution in [0.1, 0.15) is 18.5 Å². The van der Waals surface area contributed by atoms with Crippen molar-refractivity contribution in [2.75, 3.05) is 0 Å². The Kier molecular flexibility index (Phi) is 2.82. The van der Waals surface area contributed by atoms with E-state index in [0.717, 1.165) is 12.1 Å². The number of azide groups is 1. The lowest BCUT2D eigenvalue weighted by atomic mass is 10.1. The van der Waals surface area contributed by atoms with Crippen LogP contribution in [0.3, 0.4) is 0 Å². The number of rotatable bonds is 2. The molecule has 0 aliphatic carbocycles. The maximum absolute atomic E-state index is 13.0. The van der Waals surface area contributed by atoms with Crippen molar-refractivity contribution in [2.24, 2.45) is 5.11 Å². The van der Waals surface area contributed by atoms with Crippen molar-refractivity contribution in [3.63, 3.8) is 0 Å². The van der Waals surface area contributed by atoms with E-state index in [1.165, 1.54) is 13.0 Å². The second-order valence-electron chi connectivity index (χ2n) is 2.52. The highest BCUT2D eigenvalue weighted by Gasteiger charge is 2.13. The van der Waals surface area contributed by atoms with Gasteiger partial charge in [0.1, 0.15) is 11.6 Å². The summed E-state index contributed by atoms with van der Waals surface area (Å²) < 4.78 is 26.0. The molecule has 0 aromatic heterocycles. The highest BCUT2D eigenvalue weighted by atomic mass is 19.1. The molecule has 1 aromatic rings. The van der Waals surface area contributed by atoms with Gasteiger partial charge in [-0.2, -0.15) is 0 Å². The van der Waals surface area contributed by atoms with Gasteiger partial charge in [-0.25, -0.2) is 8.78 Å². The topological polar surface area (TPSA) is 48.8 Å². The van der Waals surface area contributed by atoms with Crippen LogP contribution in [0, 0.1) is 11.6 Å². The summed E-state index contributed by atoms with van der Waals surface area (Å²) in [5.41, 5.74) is 7.90. The number of hydrogen-bond donors (Lipinski definition) is 0. The van der Waals surface area contributed by atoms with E-state index in [2.05, 4.69) is 10.0 Å². The van der Waals surface area contributed by atoms with Gasteiger partial charge in [0.05, 0.1) is 6.04 Å². The molecular weight excluding hydrogens is 176 g/mol. The van der Waals surface area contributed by atoms with Crippen LogP contribution < -0.4 is 0 Å². The van der Waals surface area contributed by atoms with Crippen molar-refractivity contribution in [3.05, 3.63) is 45.8 Å². The SMILES string of the molecule is CC(N=[N+]=[N-])c1c(F)cccc1F. The van der Waals surface area contributed by atoms with Crippen LogP contribution in [0.25, 0.3) is 10.4 Å². The number of benzene rings is 1. The molecule has 13 heavy (non-hydrogen) atoms. The monoisotopic (exact) mass is 183 g/mol. The number of halogens is 2. The van der Waals surface area contributed by atoms with Gasteiger partial charge < -0.3 is 0 Å². The molecule has 0 N–H and O–H groups in total. The van der Waals surface area contributed by atoms with Crippen molar-refractivity contribution < 1.29 is 8.78 Å². The third-order valence-electron chi connectivity index (χ3n) is 1.64. The Morgan fingerprint density at radius 3 is 2.38 bits per heavy atom. The third-order valence-corrected chi connectivity index (χ3v) is 1.64. The molecule has 0 aliphatic rings. The molecule has 0 amide bonds. The fraction of sp³-hybridized carbons (Fsp3) is 0.250. The highest BCUT2D eigenvalue weighted by Crippen LogP contribution is 2.23. The summed E-state index contributed by atoms with van der Waals surface area (Å²) in [7, 11) is 0. The van der Waals surface area contributed by atoms with Gasteiger partial charge >= 0.3 is 0 Å². The van der Waals surface area contributed by atoms with E-state index >= 15 is 0 Å². The number of nitrogens with zero attached hydrogens (tertiary/aromatic N) is 3. The molecule has 3 nitrogen and oxygen atoms in total. The van der Waals surface area contributed by atoms with Crippen LogP contribution in [-0.4, -0.2) is 0 Å². The quantitative estimate of drug-likeness (QED) is 0.383. The first-order valence-electron chi connectivity index (χ1n) is 3.65. The molecule has 1 unspecified atom stereocenters. The van der Waals surface area contributed by atoms with E-state index in [1.807, 2.05) is 0 Å². The Hall–Kier alpha value is -1.61. The molecular formula is C8H7F2N3. The Bertz CT molecular complexity index is 338. The summed E-state index contributed by atoms with van der Waals surface area (Å²) in [6.45, 7) is 1.43. The first kappa shape index (κ1) is 9.48. The highest BCUT2D eigenvalue weighted by molar-refractivity contribution is 5.22. The minimum Gasteiger partial charge on any atom is -0.207 e. The van der Waals surface area contributed by atoms with Crippen LogP contribution in [-0.2, 0) is 0 Å². The van der Waals surface area contributed by atoms with Crippen molar-refractivity contribution in [3.8, 4) is 0 Å². The molecule has 1 rings (SSSR count). The van der Waals surface area contributed by atoms with Crippen molar-refractivity contribution in [2.45, 2.75) is 13.0 Å². The van der Waals surface area contributed by atoms with Crippen molar-refractivity contribution >= 4 is 0 Å². The second-order valence-corrected chi connectivity index (χ2v) is 2.52. The summed E-state index contributed by atoms with van der Waals surface area (Å²) in [5.74, 6) is -1.39. The maximum atomic E-state index is 13.0. The van der Waals surface area contributed by atoms with E-state index in [-0.39, 0.29) is 5.56 Å². The van der Waals surface area contributed by atoms with Gasteiger partial charge in [-0.3, -0.25) is 0 Å². The molecule has 0 saturated carbocycles. The fourth-order valence-corrected chi connectivity index (χ4v) is 1.05. The van der Waals surface area contributed by atoms with Gasteiger partial charge in [0.25, 0.3) is 0 Å². The molecule has 1 aromatic carbocycles. The Balaban J connectivity index is 3.19. The first-order chi connectivity index (χ1) is 6.16. The molecule has 68 valence electrons. The van der Waals surface area contributed by atoms with Crippen molar-refractivity contribution in [1.29, 1.82) is 0 Å². The molecule has 0 radical (unpaired) electrons. The zero-order valence-corrected chi connectivity index (χ0v) is 6.91. The number of hydrogen-bond acceptors (Lipinski definition) is 1. The third kappa shape index (κ3) is 1.95. The first-order valence-corrected chi connectivity index (χ1v) is 3.65. The molecule has 0 fully saturated rings. The summed E-state index contributed by atoms with van der Waals surface area (Å²) >= 11 is 0. The lowest BCUT2D eigenvalue weighted by Gasteiger charge is -2.06. The smallest absolute Gasteiger partial charge is 0.129 e. The van der Waals surface area contributed by atoms with E-state index < -0.39 is 17.7 Å². The summed E-state index contributed by atoms with van der Waals surface area (Å²) in [4.78, 5) is 2.49. The Morgan fingerprint density at radius 1 is 1.38 bits per heavy atom. The van der Waals surface area contributed by atoms with E-state index in [4.69, 9.17) is 5.53 Å². The minimum atomic E-state index is -0.828. The van der Waals surface area contributed by atoms with Gasteiger partial charge in [0.15, 0.2) is 0 Å². The normalized spacial score (nSPS) is 11.9. The maximum Gasteiger partial charge on any atom is 0.129 e. The molecule has 0 heterocycles. The van der Waals surface area contributed by atoms with Gasteiger partial charge in [-0.15, -0.1) is 0 Å². The van der Waals surface area contributed by atoms with Crippen LogP contribution in [0.4, 0.5) is 8.78 Å². The molecule has 5 heteroatoms. The molecule has 0 spiro atoms. The van der Waals surface area contributed by atoms with Gasteiger partial charge in [0, 0.05) is 10.5 Å².